The number of amides is 1. The second-order valence-electron chi connectivity index (χ2n) is 6.82. The van der Waals surface area contributed by atoms with Gasteiger partial charge in [0.1, 0.15) is 17.9 Å². The Morgan fingerprint density at radius 2 is 1.87 bits per heavy atom. The van der Waals surface area contributed by atoms with E-state index >= 15 is 0 Å². The molecule has 0 atom stereocenters. The monoisotopic (exact) mass is 439 g/mol. The van der Waals surface area contributed by atoms with Crippen LogP contribution < -0.4 is 16.0 Å². The summed E-state index contributed by atoms with van der Waals surface area (Å²) in [7, 11) is 1.87. The third kappa shape index (κ3) is 7.10. The first kappa shape index (κ1) is 22.3. The van der Waals surface area contributed by atoms with Crippen LogP contribution in [0.1, 0.15) is 31.4 Å². The maximum absolute atomic E-state index is 12.3. The first-order valence-corrected chi connectivity index (χ1v) is 10.7. The normalized spacial score (nSPS) is 10.5. The van der Waals surface area contributed by atoms with Crippen molar-refractivity contribution < 1.29 is 9.59 Å². The first-order chi connectivity index (χ1) is 15.1. The molecule has 9 nitrogen and oxygen atoms in total. The number of aldehydes is 1. The van der Waals surface area contributed by atoms with E-state index in [4.69, 9.17) is 0 Å². The van der Waals surface area contributed by atoms with E-state index in [-0.39, 0.29) is 5.91 Å². The number of hydrogen-bond acceptors (Lipinski definition) is 8. The Bertz CT molecular complexity index is 1020. The number of aromatic amines is 1. The minimum absolute atomic E-state index is 0.152. The van der Waals surface area contributed by atoms with E-state index in [0.717, 1.165) is 22.6 Å². The van der Waals surface area contributed by atoms with E-state index in [1.807, 2.05) is 44.3 Å². The molecule has 0 radical (unpaired) electrons. The summed E-state index contributed by atoms with van der Waals surface area (Å²) < 4.78 is 0. The summed E-state index contributed by atoms with van der Waals surface area (Å²) in [4.78, 5) is 32.7. The van der Waals surface area contributed by atoms with Gasteiger partial charge in [0.05, 0.1) is 0 Å². The van der Waals surface area contributed by atoms with Crippen LogP contribution in [-0.4, -0.2) is 39.4 Å². The summed E-state index contributed by atoms with van der Waals surface area (Å²) >= 11 is 1.39. The summed E-state index contributed by atoms with van der Waals surface area (Å²) in [6, 6.07) is 11.4. The van der Waals surface area contributed by atoms with Gasteiger partial charge in [0.2, 0.25) is 5.91 Å². The zero-order chi connectivity index (χ0) is 22.1. The highest BCUT2D eigenvalue weighted by molar-refractivity contribution is 7.99. The molecule has 0 saturated heterocycles. The van der Waals surface area contributed by atoms with Crippen molar-refractivity contribution >= 4 is 47.1 Å². The first-order valence-electron chi connectivity index (χ1n) is 9.93. The molecule has 0 bridgehead atoms. The summed E-state index contributed by atoms with van der Waals surface area (Å²) in [5, 5.41) is 16.6. The average Bonchev–Trinajstić information content (AvgIpc) is 3.16. The van der Waals surface area contributed by atoms with Crippen molar-refractivity contribution in [1.82, 2.24) is 20.2 Å². The van der Waals surface area contributed by atoms with Crippen molar-refractivity contribution in [2.45, 2.75) is 42.7 Å². The number of carbonyl (C=O) groups excluding carboxylic acids is 2. The molecule has 162 valence electrons. The average molecular weight is 440 g/mol. The highest BCUT2D eigenvalue weighted by atomic mass is 32.2. The molecule has 0 aliphatic rings. The van der Waals surface area contributed by atoms with E-state index in [1.54, 1.807) is 6.07 Å². The largest absolute Gasteiger partial charge is 0.388 e. The SMILES string of the molecule is CNc1ccc(Sc2nc(NC(=O)CCCCC=O)cc(Nc3cc(C)[nH]n3)n2)cc1. The van der Waals surface area contributed by atoms with Crippen molar-refractivity contribution in [2.24, 2.45) is 0 Å². The maximum atomic E-state index is 12.3. The summed E-state index contributed by atoms with van der Waals surface area (Å²) in [5.41, 5.74) is 1.93. The Morgan fingerprint density at radius 1 is 1.10 bits per heavy atom. The molecule has 0 unspecified atom stereocenters. The lowest BCUT2D eigenvalue weighted by atomic mass is 10.2. The van der Waals surface area contributed by atoms with Gasteiger partial charge >= 0.3 is 0 Å². The number of aromatic nitrogens is 4. The zero-order valence-corrected chi connectivity index (χ0v) is 18.3. The number of aryl methyl sites for hydroxylation is 1. The minimum Gasteiger partial charge on any atom is -0.388 e. The molecule has 10 heteroatoms. The highest BCUT2D eigenvalue weighted by Crippen LogP contribution is 2.29. The predicted octanol–water partition coefficient (Wildman–Crippen LogP) is 4.14. The quantitative estimate of drug-likeness (QED) is 0.200. The maximum Gasteiger partial charge on any atom is 0.225 e. The third-order valence-corrected chi connectivity index (χ3v) is 5.14. The molecular weight excluding hydrogens is 414 g/mol. The summed E-state index contributed by atoms with van der Waals surface area (Å²) in [5.74, 6) is 1.39. The number of carbonyl (C=O) groups is 2. The van der Waals surface area contributed by atoms with Crippen molar-refractivity contribution in [3.8, 4) is 0 Å². The zero-order valence-electron chi connectivity index (χ0n) is 17.4. The standard InChI is InChI=1S/C21H25N7O2S/c1-14-12-19(28-27-14)23-17-13-18(24-20(30)6-4-3-5-11-29)26-21(25-17)31-16-9-7-15(22-2)8-10-16/h7-13,22H,3-6H2,1-2H3,(H3,23,24,25,26,27,28,30). The van der Waals surface area contributed by atoms with E-state index < -0.39 is 0 Å². The van der Waals surface area contributed by atoms with Crippen LogP contribution in [0.4, 0.5) is 23.1 Å². The lowest BCUT2D eigenvalue weighted by molar-refractivity contribution is -0.116. The molecule has 3 rings (SSSR count). The van der Waals surface area contributed by atoms with E-state index in [1.165, 1.54) is 11.8 Å². The van der Waals surface area contributed by atoms with Crippen LogP contribution in [0.25, 0.3) is 0 Å². The Balaban J connectivity index is 1.77. The predicted molar refractivity (Wildman–Crippen MR) is 122 cm³/mol. The van der Waals surface area contributed by atoms with Gasteiger partial charge in [0, 0.05) is 48.3 Å². The molecule has 0 spiro atoms. The third-order valence-electron chi connectivity index (χ3n) is 4.26. The fraction of sp³-hybridized carbons (Fsp3) is 0.286. The van der Waals surface area contributed by atoms with Gasteiger partial charge in [0.25, 0.3) is 0 Å². The lowest BCUT2D eigenvalue weighted by Crippen LogP contribution is -2.13. The van der Waals surface area contributed by atoms with Crippen molar-refractivity contribution in [3.63, 3.8) is 0 Å². The Labute approximate surface area is 184 Å². The second-order valence-corrected chi connectivity index (χ2v) is 7.86. The van der Waals surface area contributed by atoms with Crippen molar-refractivity contribution in [3.05, 3.63) is 42.1 Å². The molecule has 2 aromatic heterocycles. The number of hydrogen-bond donors (Lipinski definition) is 4. The minimum atomic E-state index is -0.152. The number of nitrogens with one attached hydrogen (secondary N) is 4. The fourth-order valence-electron chi connectivity index (χ4n) is 2.73. The molecule has 1 amide bonds. The molecule has 0 aliphatic carbocycles. The molecular formula is C21H25N7O2S. The second kappa shape index (κ2) is 11.1. The number of unbranched alkanes of at least 4 members (excludes halogenated alkanes) is 2. The van der Waals surface area contributed by atoms with Crippen LogP contribution in [0.5, 0.6) is 0 Å². The summed E-state index contributed by atoms with van der Waals surface area (Å²) in [6.45, 7) is 1.91. The highest BCUT2D eigenvalue weighted by Gasteiger charge is 2.11. The van der Waals surface area contributed by atoms with Crippen LogP contribution in [0.15, 0.2) is 46.5 Å². The van der Waals surface area contributed by atoms with Gasteiger partial charge in [-0.3, -0.25) is 9.89 Å². The summed E-state index contributed by atoms with van der Waals surface area (Å²) in [6.07, 6.45) is 2.99. The number of rotatable bonds is 11. The molecule has 0 saturated carbocycles. The number of anilines is 4. The van der Waals surface area contributed by atoms with Crippen LogP contribution >= 0.6 is 11.8 Å². The van der Waals surface area contributed by atoms with E-state index in [2.05, 4.69) is 36.1 Å². The van der Waals surface area contributed by atoms with Gasteiger partial charge in [-0.15, -0.1) is 0 Å². The van der Waals surface area contributed by atoms with Gasteiger partial charge in [-0.1, -0.05) is 0 Å². The lowest BCUT2D eigenvalue weighted by Gasteiger charge is -2.10. The molecule has 0 fully saturated rings. The van der Waals surface area contributed by atoms with Crippen LogP contribution in [0, 0.1) is 6.92 Å². The van der Waals surface area contributed by atoms with Crippen molar-refractivity contribution in [1.29, 1.82) is 0 Å². The Kier molecular flexibility index (Phi) is 7.99. The van der Waals surface area contributed by atoms with E-state index in [9.17, 15) is 9.59 Å². The van der Waals surface area contributed by atoms with Gasteiger partial charge < -0.3 is 20.7 Å². The van der Waals surface area contributed by atoms with Gasteiger partial charge in [-0.2, -0.15) is 5.10 Å². The van der Waals surface area contributed by atoms with Crippen molar-refractivity contribution in [2.75, 3.05) is 23.0 Å². The van der Waals surface area contributed by atoms with Crippen LogP contribution in [0.2, 0.25) is 0 Å². The van der Waals surface area contributed by atoms with Gasteiger partial charge in [-0.25, -0.2) is 9.97 Å². The van der Waals surface area contributed by atoms with Gasteiger partial charge in [-0.05, 0) is 55.8 Å². The van der Waals surface area contributed by atoms with Crippen LogP contribution in [0.3, 0.4) is 0 Å². The number of nitrogens with zero attached hydrogens (tertiary/aromatic N) is 3. The van der Waals surface area contributed by atoms with Crippen LogP contribution in [-0.2, 0) is 9.59 Å². The molecule has 2 heterocycles. The Hall–Kier alpha value is -3.40. The smallest absolute Gasteiger partial charge is 0.225 e. The molecule has 3 aromatic rings. The Morgan fingerprint density at radius 3 is 2.55 bits per heavy atom. The molecule has 1 aromatic carbocycles. The fourth-order valence-corrected chi connectivity index (χ4v) is 3.50. The molecule has 31 heavy (non-hydrogen) atoms. The number of benzene rings is 1. The molecule has 4 N–H and O–H groups in total. The number of H-pyrrole nitrogens is 1. The van der Waals surface area contributed by atoms with E-state index in [0.29, 0.717) is 48.3 Å². The van der Waals surface area contributed by atoms with Gasteiger partial charge in [0.15, 0.2) is 11.0 Å². The molecule has 0 aliphatic heterocycles. The topological polar surface area (TPSA) is 125 Å².